The van der Waals surface area contributed by atoms with Crippen LogP contribution < -0.4 is 22.6 Å². The summed E-state index contributed by atoms with van der Waals surface area (Å²) in [5, 5.41) is 2.40. The van der Waals surface area contributed by atoms with Crippen molar-refractivity contribution in [3.8, 4) is 0 Å². The Kier molecular flexibility index (Phi) is 5.99. The molecule has 2 nitrogen and oxygen atoms in total. The van der Waals surface area contributed by atoms with E-state index in [1.54, 1.807) is 0 Å². The second kappa shape index (κ2) is 9.00. The van der Waals surface area contributed by atoms with Gasteiger partial charge in [0.15, 0.2) is 11.9 Å². The summed E-state index contributed by atoms with van der Waals surface area (Å²) in [6.45, 7) is 0. The predicted molar refractivity (Wildman–Crippen MR) is 120 cm³/mol. The lowest BCUT2D eigenvalue weighted by atomic mass is 10.0. The number of benzene rings is 4. The third kappa shape index (κ3) is 3.76. The number of nitrogens with zero attached hydrogens (tertiary/aromatic N) is 1. The highest BCUT2D eigenvalue weighted by Gasteiger charge is 2.39. The van der Waals surface area contributed by atoms with Gasteiger partial charge in [0.1, 0.15) is 5.70 Å². The third-order valence-electron chi connectivity index (χ3n) is 5.41. The zero-order valence-electron chi connectivity index (χ0n) is 16.5. The number of nitrogens with two attached hydrogens (primary N) is 1. The molecular formula is C27H23ClN2. The van der Waals surface area contributed by atoms with Crippen LogP contribution in [-0.4, -0.2) is 0 Å². The standard InChI is InChI=1S/C27H22N2.ClH/c1-5-13-21(14-6-1)25-26(22-15-7-2-8-16-22)29(24-19-11-4-12-20-24)27(28-25)23-17-9-3-10-18-23;/h1-20,27-28H;1H. The maximum absolute atomic E-state index is 2.47. The van der Waals surface area contributed by atoms with Gasteiger partial charge in [-0.3, -0.25) is 10.2 Å². The molecule has 0 aromatic heterocycles. The van der Waals surface area contributed by atoms with Crippen molar-refractivity contribution in [2.75, 3.05) is 4.90 Å². The highest BCUT2D eigenvalue weighted by atomic mass is 35.5. The van der Waals surface area contributed by atoms with Crippen molar-refractivity contribution in [2.24, 2.45) is 0 Å². The van der Waals surface area contributed by atoms with Crippen LogP contribution in [0.4, 0.5) is 5.69 Å². The lowest BCUT2D eigenvalue weighted by Crippen LogP contribution is -3.00. The van der Waals surface area contributed by atoms with Gasteiger partial charge in [-0.15, -0.1) is 0 Å². The highest BCUT2D eigenvalue weighted by molar-refractivity contribution is 5.95. The van der Waals surface area contributed by atoms with Crippen molar-refractivity contribution < 1.29 is 17.7 Å². The van der Waals surface area contributed by atoms with Gasteiger partial charge in [-0.25, -0.2) is 0 Å². The first-order valence-electron chi connectivity index (χ1n) is 10.0. The Labute approximate surface area is 183 Å². The SMILES string of the molecule is [Cl-].c1ccc(C2=C(c3ccccc3)N(c3ccccc3)C(c3ccccc3)[NH2+]2)cc1. The minimum atomic E-state index is 0. The Morgan fingerprint density at radius 2 is 1.00 bits per heavy atom. The second-order valence-corrected chi connectivity index (χ2v) is 7.22. The monoisotopic (exact) mass is 410 g/mol. The summed E-state index contributed by atoms with van der Waals surface area (Å²) in [5.41, 5.74) is 7.47. The lowest BCUT2D eigenvalue weighted by molar-refractivity contribution is -0.600. The van der Waals surface area contributed by atoms with E-state index in [2.05, 4.69) is 132 Å². The summed E-state index contributed by atoms with van der Waals surface area (Å²) in [6, 6.07) is 42.9. The second-order valence-electron chi connectivity index (χ2n) is 7.22. The Balaban J connectivity index is 0.00000218. The first kappa shape index (κ1) is 20.0. The van der Waals surface area contributed by atoms with Crippen LogP contribution in [0.15, 0.2) is 121 Å². The maximum atomic E-state index is 2.47. The van der Waals surface area contributed by atoms with Gasteiger partial charge >= 0.3 is 0 Å². The van der Waals surface area contributed by atoms with Gasteiger partial charge in [0, 0.05) is 22.4 Å². The molecule has 0 aliphatic carbocycles. The Hall–Kier alpha value is -3.33. The van der Waals surface area contributed by atoms with Crippen molar-refractivity contribution in [2.45, 2.75) is 6.17 Å². The predicted octanol–water partition coefficient (Wildman–Crippen LogP) is 2.30. The molecule has 4 aromatic rings. The summed E-state index contributed by atoms with van der Waals surface area (Å²) >= 11 is 0. The number of anilines is 1. The number of rotatable bonds is 4. The molecule has 4 aromatic carbocycles. The molecule has 1 unspecified atom stereocenters. The highest BCUT2D eigenvalue weighted by Crippen LogP contribution is 2.39. The molecule has 1 heterocycles. The van der Waals surface area contributed by atoms with Crippen LogP contribution in [0, 0.1) is 0 Å². The van der Waals surface area contributed by atoms with Crippen molar-refractivity contribution in [3.05, 3.63) is 138 Å². The zero-order chi connectivity index (χ0) is 19.5. The van der Waals surface area contributed by atoms with Crippen LogP contribution in [0.25, 0.3) is 11.4 Å². The molecule has 148 valence electrons. The molecule has 1 atom stereocenters. The van der Waals surface area contributed by atoms with Gasteiger partial charge in [-0.1, -0.05) is 97.1 Å². The quantitative estimate of drug-likeness (QED) is 0.547. The fourth-order valence-corrected chi connectivity index (χ4v) is 4.10. The maximum Gasteiger partial charge on any atom is 0.197 e. The van der Waals surface area contributed by atoms with Gasteiger partial charge in [0.05, 0.1) is 0 Å². The summed E-state index contributed by atoms with van der Waals surface area (Å²) in [7, 11) is 0. The van der Waals surface area contributed by atoms with Crippen LogP contribution in [0.5, 0.6) is 0 Å². The first-order valence-corrected chi connectivity index (χ1v) is 10.0. The largest absolute Gasteiger partial charge is 1.00 e. The number of hydrogen-bond acceptors (Lipinski definition) is 1. The van der Waals surface area contributed by atoms with E-state index < -0.39 is 0 Å². The average molecular weight is 411 g/mol. The normalized spacial score (nSPS) is 15.7. The fourth-order valence-electron chi connectivity index (χ4n) is 4.10. The van der Waals surface area contributed by atoms with E-state index in [0.717, 1.165) is 0 Å². The van der Waals surface area contributed by atoms with Gasteiger partial charge in [0.2, 0.25) is 0 Å². The van der Waals surface area contributed by atoms with Crippen molar-refractivity contribution in [1.29, 1.82) is 0 Å². The molecule has 5 rings (SSSR count). The molecule has 0 saturated carbocycles. The van der Waals surface area contributed by atoms with Crippen molar-refractivity contribution >= 4 is 17.1 Å². The number of quaternary nitrogens is 1. The van der Waals surface area contributed by atoms with Gasteiger partial charge in [-0.05, 0) is 24.3 Å². The Morgan fingerprint density at radius 1 is 0.533 bits per heavy atom. The molecular weight excluding hydrogens is 388 g/mol. The molecule has 1 aliphatic heterocycles. The van der Waals surface area contributed by atoms with Crippen molar-refractivity contribution in [1.82, 2.24) is 0 Å². The molecule has 0 bridgehead atoms. The van der Waals surface area contributed by atoms with E-state index in [1.807, 2.05) is 0 Å². The van der Waals surface area contributed by atoms with E-state index in [-0.39, 0.29) is 18.6 Å². The minimum Gasteiger partial charge on any atom is -1.00 e. The summed E-state index contributed by atoms with van der Waals surface area (Å²) in [6.07, 6.45) is 0.143. The number of halogens is 1. The van der Waals surface area contributed by atoms with Crippen molar-refractivity contribution in [3.63, 3.8) is 0 Å². The molecule has 0 fully saturated rings. The molecule has 3 heteroatoms. The van der Waals surface area contributed by atoms with E-state index in [4.69, 9.17) is 0 Å². The Bertz CT molecular complexity index is 1110. The lowest BCUT2D eigenvalue weighted by Gasteiger charge is -2.26. The molecule has 0 radical (unpaired) electrons. The molecule has 1 aliphatic rings. The number of para-hydroxylation sites is 1. The van der Waals surface area contributed by atoms with Gasteiger partial charge in [-0.2, -0.15) is 0 Å². The van der Waals surface area contributed by atoms with E-state index in [9.17, 15) is 0 Å². The van der Waals surface area contributed by atoms with Crippen LogP contribution in [0.2, 0.25) is 0 Å². The van der Waals surface area contributed by atoms with Crippen LogP contribution >= 0.6 is 0 Å². The van der Waals surface area contributed by atoms with Crippen LogP contribution in [-0.2, 0) is 0 Å². The molecule has 2 N–H and O–H groups in total. The third-order valence-corrected chi connectivity index (χ3v) is 5.41. The summed E-state index contributed by atoms with van der Waals surface area (Å²) in [4.78, 5) is 2.47. The fraction of sp³-hybridized carbons (Fsp3) is 0.0370. The average Bonchev–Trinajstić information content (AvgIpc) is 3.22. The number of hydrogen-bond donors (Lipinski definition) is 1. The van der Waals surface area contributed by atoms with E-state index >= 15 is 0 Å². The van der Waals surface area contributed by atoms with E-state index in [1.165, 1.54) is 33.8 Å². The molecule has 0 amide bonds. The molecule has 30 heavy (non-hydrogen) atoms. The minimum absolute atomic E-state index is 0. The smallest absolute Gasteiger partial charge is 0.197 e. The summed E-state index contributed by atoms with van der Waals surface area (Å²) in [5.74, 6) is 0. The zero-order valence-corrected chi connectivity index (χ0v) is 17.3. The van der Waals surface area contributed by atoms with Gasteiger partial charge in [0.25, 0.3) is 0 Å². The van der Waals surface area contributed by atoms with E-state index in [0.29, 0.717) is 0 Å². The Morgan fingerprint density at radius 3 is 1.57 bits per heavy atom. The first-order chi connectivity index (χ1) is 14.4. The topological polar surface area (TPSA) is 19.9 Å². The van der Waals surface area contributed by atoms with Crippen LogP contribution in [0.3, 0.4) is 0 Å². The molecule has 0 spiro atoms. The molecule has 0 saturated heterocycles. The van der Waals surface area contributed by atoms with Crippen LogP contribution in [0.1, 0.15) is 22.9 Å². The van der Waals surface area contributed by atoms with Gasteiger partial charge < -0.3 is 12.4 Å². The summed E-state index contributed by atoms with van der Waals surface area (Å²) < 4.78 is 0.